The van der Waals surface area contributed by atoms with E-state index in [1.807, 2.05) is 0 Å². The van der Waals surface area contributed by atoms with Gasteiger partial charge < -0.3 is 10.1 Å². The van der Waals surface area contributed by atoms with Crippen LogP contribution < -0.4 is 5.32 Å². The first-order valence-corrected chi connectivity index (χ1v) is 9.29. The molecule has 2 saturated heterocycles. The summed E-state index contributed by atoms with van der Waals surface area (Å²) < 4.78 is 5.62. The standard InChI is InChI=1S/C18H34N2O/c1-3-15(2)17-11-19-18(8-5-4-6-9-18)14-20(17)12-16-7-10-21-13-16/h15-17,19H,3-14H2,1-2H3. The minimum absolute atomic E-state index is 0.432. The first-order valence-electron chi connectivity index (χ1n) is 9.29. The molecule has 3 nitrogen and oxygen atoms in total. The molecular weight excluding hydrogens is 260 g/mol. The van der Waals surface area contributed by atoms with Crippen molar-refractivity contribution in [3.63, 3.8) is 0 Å². The molecule has 1 saturated carbocycles. The van der Waals surface area contributed by atoms with Gasteiger partial charge in [0.2, 0.25) is 0 Å². The van der Waals surface area contributed by atoms with Crippen LogP contribution in [-0.2, 0) is 4.74 Å². The Bertz CT molecular complexity index is 321. The Hall–Kier alpha value is -0.120. The molecule has 3 aliphatic rings. The fraction of sp³-hybridized carbons (Fsp3) is 1.00. The van der Waals surface area contributed by atoms with Gasteiger partial charge >= 0.3 is 0 Å². The summed E-state index contributed by atoms with van der Waals surface area (Å²) in [6, 6.07) is 0.725. The van der Waals surface area contributed by atoms with Crippen molar-refractivity contribution >= 4 is 0 Å². The number of hydrogen-bond donors (Lipinski definition) is 1. The summed E-state index contributed by atoms with van der Waals surface area (Å²) in [7, 11) is 0. The van der Waals surface area contributed by atoms with Crippen molar-refractivity contribution in [2.24, 2.45) is 11.8 Å². The van der Waals surface area contributed by atoms with Gasteiger partial charge in [0.25, 0.3) is 0 Å². The van der Waals surface area contributed by atoms with Gasteiger partial charge in [0.15, 0.2) is 0 Å². The van der Waals surface area contributed by atoms with E-state index in [2.05, 4.69) is 24.1 Å². The maximum Gasteiger partial charge on any atom is 0.0507 e. The van der Waals surface area contributed by atoms with Crippen molar-refractivity contribution in [3.05, 3.63) is 0 Å². The zero-order valence-electron chi connectivity index (χ0n) is 14.1. The molecule has 2 heterocycles. The molecule has 2 aliphatic heterocycles. The molecule has 3 fully saturated rings. The third-order valence-corrected chi connectivity index (χ3v) is 6.29. The largest absolute Gasteiger partial charge is 0.381 e. The second kappa shape index (κ2) is 6.97. The smallest absolute Gasteiger partial charge is 0.0507 e. The van der Waals surface area contributed by atoms with Gasteiger partial charge in [-0.3, -0.25) is 4.90 Å². The van der Waals surface area contributed by atoms with E-state index >= 15 is 0 Å². The molecule has 1 aliphatic carbocycles. The molecule has 0 amide bonds. The molecule has 3 unspecified atom stereocenters. The monoisotopic (exact) mass is 294 g/mol. The van der Waals surface area contributed by atoms with E-state index < -0.39 is 0 Å². The van der Waals surface area contributed by atoms with Crippen LogP contribution >= 0.6 is 0 Å². The first-order chi connectivity index (χ1) is 10.2. The van der Waals surface area contributed by atoms with Crippen molar-refractivity contribution in [2.45, 2.75) is 70.4 Å². The molecule has 122 valence electrons. The third-order valence-electron chi connectivity index (χ3n) is 6.29. The van der Waals surface area contributed by atoms with E-state index in [-0.39, 0.29) is 0 Å². The quantitative estimate of drug-likeness (QED) is 0.862. The van der Waals surface area contributed by atoms with Gasteiger partial charge in [-0.2, -0.15) is 0 Å². The van der Waals surface area contributed by atoms with Crippen LogP contribution in [0, 0.1) is 11.8 Å². The van der Waals surface area contributed by atoms with E-state index in [9.17, 15) is 0 Å². The average Bonchev–Trinajstić information content (AvgIpc) is 3.00. The van der Waals surface area contributed by atoms with Gasteiger partial charge in [0.05, 0.1) is 6.61 Å². The van der Waals surface area contributed by atoms with Gasteiger partial charge in [-0.05, 0) is 31.1 Å². The Morgan fingerprint density at radius 1 is 1.29 bits per heavy atom. The number of nitrogens with zero attached hydrogens (tertiary/aromatic N) is 1. The molecule has 0 radical (unpaired) electrons. The summed E-state index contributed by atoms with van der Waals surface area (Å²) in [5, 5.41) is 3.98. The summed E-state index contributed by atoms with van der Waals surface area (Å²) in [4.78, 5) is 2.84. The Morgan fingerprint density at radius 2 is 2.10 bits per heavy atom. The van der Waals surface area contributed by atoms with E-state index in [0.717, 1.165) is 31.1 Å². The molecule has 0 aromatic rings. The summed E-state index contributed by atoms with van der Waals surface area (Å²) in [6.45, 7) is 10.5. The average molecular weight is 294 g/mol. The van der Waals surface area contributed by atoms with E-state index in [4.69, 9.17) is 4.74 Å². The lowest BCUT2D eigenvalue weighted by Crippen LogP contribution is -2.66. The highest BCUT2D eigenvalue weighted by Crippen LogP contribution is 2.34. The van der Waals surface area contributed by atoms with E-state index in [1.165, 1.54) is 64.6 Å². The van der Waals surface area contributed by atoms with Crippen LogP contribution in [0.25, 0.3) is 0 Å². The first kappa shape index (κ1) is 15.8. The molecule has 21 heavy (non-hydrogen) atoms. The van der Waals surface area contributed by atoms with Crippen LogP contribution in [0.3, 0.4) is 0 Å². The highest BCUT2D eigenvalue weighted by molar-refractivity contribution is 5.01. The minimum Gasteiger partial charge on any atom is -0.381 e. The second-order valence-corrected chi connectivity index (χ2v) is 7.83. The number of ether oxygens (including phenoxy) is 1. The molecule has 0 bridgehead atoms. The van der Waals surface area contributed by atoms with Crippen molar-refractivity contribution in [1.82, 2.24) is 10.2 Å². The van der Waals surface area contributed by atoms with Gasteiger partial charge in [-0.25, -0.2) is 0 Å². The molecule has 3 atom stereocenters. The highest BCUT2D eigenvalue weighted by Gasteiger charge is 2.41. The number of hydrogen-bond acceptors (Lipinski definition) is 3. The van der Waals surface area contributed by atoms with Gasteiger partial charge in [0, 0.05) is 37.8 Å². The zero-order valence-corrected chi connectivity index (χ0v) is 14.1. The predicted octanol–water partition coefficient (Wildman–Crippen LogP) is 3.05. The van der Waals surface area contributed by atoms with Crippen LogP contribution in [0.5, 0.6) is 0 Å². The Balaban J connectivity index is 1.67. The molecule has 0 aromatic heterocycles. The van der Waals surface area contributed by atoms with Crippen LogP contribution in [0.4, 0.5) is 0 Å². The lowest BCUT2D eigenvalue weighted by atomic mass is 9.78. The number of piperazine rings is 1. The topological polar surface area (TPSA) is 24.5 Å². The highest BCUT2D eigenvalue weighted by atomic mass is 16.5. The third kappa shape index (κ3) is 3.62. The fourth-order valence-corrected chi connectivity index (χ4v) is 4.67. The van der Waals surface area contributed by atoms with Crippen LogP contribution in [0.15, 0.2) is 0 Å². The van der Waals surface area contributed by atoms with Gasteiger partial charge in [-0.1, -0.05) is 39.5 Å². The van der Waals surface area contributed by atoms with E-state index in [0.29, 0.717) is 5.54 Å². The van der Waals surface area contributed by atoms with E-state index in [1.54, 1.807) is 0 Å². The lowest BCUT2D eigenvalue weighted by Gasteiger charge is -2.51. The maximum atomic E-state index is 5.62. The van der Waals surface area contributed by atoms with Crippen molar-refractivity contribution in [1.29, 1.82) is 0 Å². The predicted molar refractivity (Wildman–Crippen MR) is 87.6 cm³/mol. The normalized spacial score (nSPS) is 35.1. The second-order valence-electron chi connectivity index (χ2n) is 7.83. The Labute approximate surface area is 130 Å². The number of rotatable bonds is 4. The van der Waals surface area contributed by atoms with Crippen LogP contribution in [-0.4, -0.2) is 49.3 Å². The Morgan fingerprint density at radius 3 is 2.76 bits per heavy atom. The van der Waals surface area contributed by atoms with Gasteiger partial charge in [0.1, 0.15) is 0 Å². The molecule has 3 heteroatoms. The van der Waals surface area contributed by atoms with Gasteiger partial charge in [-0.15, -0.1) is 0 Å². The Kier molecular flexibility index (Phi) is 5.23. The maximum absolute atomic E-state index is 5.62. The van der Waals surface area contributed by atoms with Crippen LogP contribution in [0.1, 0.15) is 58.8 Å². The molecule has 1 spiro atoms. The van der Waals surface area contributed by atoms with Crippen LogP contribution in [0.2, 0.25) is 0 Å². The van der Waals surface area contributed by atoms with Crippen molar-refractivity contribution in [2.75, 3.05) is 32.8 Å². The summed E-state index contributed by atoms with van der Waals surface area (Å²) >= 11 is 0. The molecule has 0 aromatic carbocycles. The summed E-state index contributed by atoms with van der Waals surface area (Å²) in [5.74, 6) is 1.57. The van der Waals surface area contributed by atoms with Crippen molar-refractivity contribution in [3.8, 4) is 0 Å². The molecule has 1 N–H and O–H groups in total. The minimum atomic E-state index is 0.432. The lowest BCUT2D eigenvalue weighted by molar-refractivity contribution is 0.0206. The SMILES string of the molecule is CCC(C)C1CNC2(CCCCC2)CN1CC1CCOC1. The van der Waals surface area contributed by atoms with Crippen molar-refractivity contribution < 1.29 is 4.74 Å². The number of nitrogens with one attached hydrogen (secondary N) is 1. The summed E-state index contributed by atoms with van der Waals surface area (Å²) in [5.41, 5.74) is 0.432. The zero-order chi connectivity index (χ0) is 14.7. The molecular formula is C18H34N2O. The fourth-order valence-electron chi connectivity index (χ4n) is 4.67. The summed E-state index contributed by atoms with van der Waals surface area (Å²) in [6.07, 6.45) is 9.61. The molecule has 3 rings (SSSR count).